The normalized spacial score (nSPS) is 10.9. The lowest BCUT2D eigenvalue weighted by Gasteiger charge is -2.10. The zero-order valence-electron chi connectivity index (χ0n) is 17.5. The SMILES string of the molecule is CCOC(=O)c1cnn(-c2ccc(C)cc2)c1CNCc1cnn(-c2ccccc2)n1. The van der Waals surface area contributed by atoms with Crippen LogP contribution in [0.2, 0.25) is 0 Å². The minimum absolute atomic E-state index is 0.310. The van der Waals surface area contributed by atoms with Gasteiger partial charge in [-0.2, -0.15) is 20.1 Å². The standard InChI is InChI=1S/C23H24N6O2/c1-3-31-23(30)21-15-25-28(19-11-9-17(2)10-12-19)22(21)16-24-13-18-14-26-29(27-18)20-7-5-4-6-8-20/h4-12,14-15,24H,3,13,16H2,1-2H3. The fraction of sp³-hybridized carbons (Fsp3) is 0.217. The molecule has 158 valence electrons. The third-order valence-electron chi connectivity index (χ3n) is 4.77. The molecule has 2 aromatic carbocycles. The quantitative estimate of drug-likeness (QED) is 0.444. The molecule has 0 aliphatic carbocycles. The maximum atomic E-state index is 12.4. The molecule has 0 aliphatic rings. The minimum atomic E-state index is -0.382. The van der Waals surface area contributed by atoms with E-state index >= 15 is 0 Å². The fourth-order valence-electron chi connectivity index (χ4n) is 3.20. The van der Waals surface area contributed by atoms with Crippen LogP contribution in [0.4, 0.5) is 0 Å². The van der Waals surface area contributed by atoms with Crippen molar-refractivity contribution in [2.24, 2.45) is 0 Å². The molecule has 8 nitrogen and oxygen atoms in total. The van der Waals surface area contributed by atoms with E-state index in [9.17, 15) is 4.79 Å². The average Bonchev–Trinajstić information content (AvgIpc) is 3.43. The highest BCUT2D eigenvalue weighted by Crippen LogP contribution is 2.17. The molecule has 2 aromatic heterocycles. The van der Waals surface area contributed by atoms with Crippen LogP contribution in [0.5, 0.6) is 0 Å². The van der Waals surface area contributed by atoms with Gasteiger partial charge in [-0.05, 0) is 38.1 Å². The number of ether oxygens (including phenoxy) is 1. The minimum Gasteiger partial charge on any atom is -0.462 e. The molecule has 31 heavy (non-hydrogen) atoms. The van der Waals surface area contributed by atoms with Crippen molar-refractivity contribution >= 4 is 5.97 Å². The first-order valence-electron chi connectivity index (χ1n) is 10.1. The number of hydrogen-bond donors (Lipinski definition) is 1. The number of nitrogens with one attached hydrogen (secondary N) is 1. The lowest BCUT2D eigenvalue weighted by atomic mass is 10.2. The third-order valence-corrected chi connectivity index (χ3v) is 4.77. The van der Waals surface area contributed by atoms with Gasteiger partial charge in [-0.25, -0.2) is 9.48 Å². The number of rotatable bonds is 8. The highest BCUT2D eigenvalue weighted by molar-refractivity contribution is 5.90. The van der Waals surface area contributed by atoms with Gasteiger partial charge >= 0.3 is 5.97 Å². The van der Waals surface area contributed by atoms with Gasteiger partial charge in [-0.3, -0.25) is 0 Å². The van der Waals surface area contributed by atoms with E-state index in [1.807, 2.05) is 61.5 Å². The second-order valence-electron chi connectivity index (χ2n) is 7.04. The molecule has 0 unspecified atom stereocenters. The molecule has 4 rings (SSSR count). The van der Waals surface area contributed by atoms with Crippen molar-refractivity contribution < 1.29 is 9.53 Å². The predicted octanol–water partition coefficient (Wildman–Crippen LogP) is 3.23. The first-order chi connectivity index (χ1) is 15.2. The van der Waals surface area contributed by atoms with Gasteiger partial charge in [-0.1, -0.05) is 35.9 Å². The molecule has 0 bridgehead atoms. The largest absolute Gasteiger partial charge is 0.462 e. The smallest absolute Gasteiger partial charge is 0.341 e. The van der Waals surface area contributed by atoms with Crippen LogP contribution in [0.25, 0.3) is 11.4 Å². The Labute approximate surface area is 180 Å². The molecule has 2 heterocycles. The monoisotopic (exact) mass is 416 g/mol. The lowest BCUT2D eigenvalue weighted by molar-refractivity contribution is 0.0525. The van der Waals surface area contributed by atoms with E-state index in [0.717, 1.165) is 28.3 Å². The maximum Gasteiger partial charge on any atom is 0.341 e. The molecule has 0 spiro atoms. The van der Waals surface area contributed by atoms with Crippen LogP contribution in [0, 0.1) is 6.92 Å². The van der Waals surface area contributed by atoms with Gasteiger partial charge in [0.2, 0.25) is 0 Å². The van der Waals surface area contributed by atoms with Gasteiger partial charge in [0.1, 0.15) is 5.56 Å². The van der Waals surface area contributed by atoms with Crippen molar-refractivity contribution in [1.82, 2.24) is 30.1 Å². The fourth-order valence-corrected chi connectivity index (χ4v) is 3.20. The first-order valence-corrected chi connectivity index (χ1v) is 10.1. The molecule has 1 N–H and O–H groups in total. The number of esters is 1. The van der Waals surface area contributed by atoms with Crippen molar-refractivity contribution in [3.8, 4) is 11.4 Å². The van der Waals surface area contributed by atoms with E-state index in [1.165, 1.54) is 0 Å². The Balaban J connectivity index is 1.51. The van der Waals surface area contributed by atoms with Crippen LogP contribution < -0.4 is 5.32 Å². The van der Waals surface area contributed by atoms with Gasteiger partial charge in [0, 0.05) is 13.1 Å². The van der Waals surface area contributed by atoms with Gasteiger partial charge < -0.3 is 10.1 Å². The van der Waals surface area contributed by atoms with Gasteiger partial charge in [0.25, 0.3) is 0 Å². The Bertz CT molecular complexity index is 1150. The number of para-hydroxylation sites is 1. The molecule has 0 amide bonds. The molecule has 0 aliphatic heterocycles. The predicted molar refractivity (Wildman–Crippen MR) is 116 cm³/mol. The number of aryl methyl sites for hydroxylation is 1. The lowest BCUT2D eigenvalue weighted by Crippen LogP contribution is -2.19. The van der Waals surface area contributed by atoms with Crippen molar-refractivity contribution in [1.29, 1.82) is 0 Å². The van der Waals surface area contributed by atoms with Crippen molar-refractivity contribution in [2.45, 2.75) is 26.9 Å². The Morgan fingerprint density at radius 1 is 0.968 bits per heavy atom. The highest BCUT2D eigenvalue weighted by atomic mass is 16.5. The Kier molecular flexibility index (Phi) is 6.18. The Morgan fingerprint density at radius 2 is 1.74 bits per heavy atom. The van der Waals surface area contributed by atoms with Crippen molar-refractivity contribution in [2.75, 3.05) is 6.61 Å². The molecular weight excluding hydrogens is 392 g/mol. The summed E-state index contributed by atoms with van der Waals surface area (Å²) in [6, 6.07) is 17.7. The van der Waals surface area contributed by atoms with Gasteiger partial charge in [0.05, 0.1) is 41.8 Å². The molecule has 0 fully saturated rings. The topological polar surface area (TPSA) is 86.9 Å². The van der Waals surface area contributed by atoms with E-state index in [1.54, 1.807) is 28.8 Å². The molecule has 0 atom stereocenters. The van der Waals surface area contributed by atoms with E-state index in [0.29, 0.717) is 25.3 Å². The third kappa shape index (κ3) is 4.70. The summed E-state index contributed by atoms with van der Waals surface area (Å²) < 4.78 is 6.97. The summed E-state index contributed by atoms with van der Waals surface area (Å²) >= 11 is 0. The van der Waals surface area contributed by atoms with Gasteiger partial charge in [0.15, 0.2) is 0 Å². The molecule has 0 saturated heterocycles. The Hall–Kier alpha value is -3.78. The summed E-state index contributed by atoms with van der Waals surface area (Å²) in [5.41, 5.74) is 4.91. The van der Waals surface area contributed by atoms with E-state index in [4.69, 9.17) is 4.74 Å². The summed E-state index contributed by atoms with van der Waals surface area (Å²) in [6.07, 6.45) is 3.28. The van der Waals surface area contributed by atoms with Crippen LogP contribution in [0.15, 0.2) is 67.0 Å². The molecule has 0 saturated carbocycles. The summed E-state index contributed by atoms with van der Waals surface area (Å²) in [5, 5.41) is 16.6. The average molecular weight is 416 g/mol. The zero-order chi connectivity index (χ0) is 21.6. The maximum absolute atomic E-state index is 12.4. The summed E-state index contributed by atoms with van der Waals surface area (Å²) in [7, 11) is 0. The number of hydrogen-bond acceptors (Lipinski definition) is 6. The van der Waals surface area contributed by atoms with E-state index in [2.05, 4.69) is 20.6 Å². The van der Waals surface area contributed by atoms with E-state index in [-0.39, 0.29) is 5.97 Å². The zero-order valence-corrected chi connectivity index (χ0v) is 17.5. The number of nitrogens with zero attached hydrogens (tertiary/aromatic N) is 5. The Morgan fingerprint density at radius 3 is 2.48 bits per heavy atom. The van der Waals surface area contributed by atoms with Crippen LogP contribution >= 0.6 is 0 Å². The second-order valence-corrected chi connectivity index (χ2v) is 7.04. The van der Waals surface area contributed by atoms with Crippen LogP contribution in [0.1, 0.15) is 34.2 Å². The molecule has 8 heteroatoms. The van der Waals surface area contributed by atoms with Crippen molar-refractivity contribution in [3.05, 3.63) is 89.5 Å². The summed E-state index contributed by atoms with van der Waals surface area (Å²) in [5.74, 6) is -0.382. The van der Waals surface area contributed by atoms with E-state index < -0.39 is 0 Å². The molecular formula is C23H24N6O2. The van der Waals surface area contributed by atoms with Crippen LogP contribution in [-0.4, -0.2) is 37.4 Å². The number of aromatic nitrogens is 5. The van der Waals surface area contributed by atoms with Gasteiger partial charge in [-0.15, -0.1) is 0 Å². The van der Waals surface area contributed by atoms with Crippen LogP contribution in [0.3, 0.4) is 0 Å². The summed E-state index contributed by atoms with van der Waals surface area (Å²) in [4.78, 5) is 14.0. The molecule has 4 aromatic rings. The number of benzene rings is 2. The molecule has 0 radical (unpaired) electrons. The summed E-state index contributed by atoms with van der Waals surface area (Å²) in [6.45, 7) is 5.04. The number of carbonyl (C=O) groups is 1. The second kappa shape index (κ2) is 9.36. The number of carbonyl (C=O) groups excluding carboxylic acids is 1. The first kappa shape index (κ1) is 20.5. The highest BCUT2D eigenvalue weighted by Gasteiger charge is 2.19. The van der Waals surface area contributed by atoms with Crippen molar-refractivity contribution in [3.63, 3.8) is 0 Å². The van der Waals surface area contributed by atoms with Crippen LogP contribution in [-0.2, 0) is 17.8 Å².